The van der Waals surface area contributed by atoms with Crippen LogP contribution in [0.5, 0.6) is 5.75 Å². The Morgan fingerprint density at radius 1 is 1.04 bits per heavy atom. The van der Waals surface area contributed by atoms with Gasteiger partial charge < -0.3 is 15.5 Å². The maximum absolute atomic E-state index is 13.7. The molecule has 1 heterocycles. The minimum Gasteiger partial charge on any atom is -0.489 e. The zero-order chi connectivity index (χ0) is 20.3. The number of benzene rings is 2. The van der Waals surface area contributed by atoms with Crippen LogP contribution in [0, 0.1) is 34.3 Å². The van der Waals surface area contributed by atoms with Gasteiger partial charge in [-0.3, -0.25) is 4.79 Å². The van der Waals surface area contributed by atoms with Gasteiger partial charge in [0.1, 0.15) is 53.1 Å². The molecule has 8 heteroatoms. The number of halogens is 2. The Labute approximate surface area is 158 Å². The van der Waals surface area contributed by atoms with Crippen molar-refractivity contribution >= 4 is 5.82 Å². The molecule has 0 aliphatic heterocycles. The van der Waals surface area contributed by atoms with Gasteiger partial charge in [0.15, 0.2) is 0 Å². The summed E-state index contributed by atoms with van der Waals surface area (Å²) in [7, 11) is 0. The number of nitrogens with zero attached hydrogens (tertiary/aromatic N) is 2. The molecule has 0 aliphatic carbocycles. The summed E-state index contributed by atoms with van der Waals surface area (Å²) in [6.07, 6.45) is 0. The molecule has 3 N–H and O–H groups in total. The molecule has 0 atom stereocenters. The van der Waals surface area contributed by atoms with Gasteiger partial charge in [0.25, 0.3) is 5.56 Å². The number of rotatable bonds is 4. The van der Waals surface area contributed by atoms with Crippen molar-refractivity contribution in [1.29, 1.82) is 10.5 Å². The van der Waals surface area contributed by atoms with Crippen LogP contribution in [0.3, 0.4) is 0 Å². The molecule has 0 bridgehead atoms. The lowest BCUT2D eigenvalue weighted by Crippen LogP contribution is -2.16. The molecule has 0 amide bonds. The van der Waals surface area contributed by atoms with E-state index in [-0.39, 0.29) is 34.7 Å². The Balaban J connectivity index is 1.91. The quantitative estimate of drug-likeness (QED) is 0.723. The number of nitriles is 2. The number of nitrogens with two attached hydrogens (primary N) is 1. The van der Waals surface area contributed by atoms with Crippen LogP contribution >= 0.6 is 0 Å². The van der Waals surface area contributed by atoms with Crippen LogP contribution < -0.4 is 16.0 Å². The van der Waals surface area contributed by atoms with Crippen molar-refractivity contribution in [2.75, 3.05) is 5.73 Å². The van der Waals surface area contributed by atoms with Crippen molar-refractivity contribution in [1.82, 2.24) is 4.98 Å². The number of hydrogen-bond donors (Lipinski definition) is 2. The van der Waals surface area contributed by atoms with Gasteiger partial charge in [-0.2, -0.15) is 10.5 Å². The third-order valence-electron chi connectivity index (χ3n) is 4.02. The van der Waals surface area contributed by atoms with Crippen molar-refractivity contribution in [3.8, 4) is 29.0 Å². The van der Waals surface area contributed by atoms with Crippen LogP contribution in [0.4, 0.5) is 14.6 Å². The molecule has 2 aromatic carbocycles. The van der Waals surface area contributed by atoms with Gasteiger partial charge in [-0.15, -0.1) is 0 Å². The molecule has 3 aromatic rings. The Morgan fingerprint density at radius 3 is 2.32 bits per heavy atom. The first-order valence-corrected chi connectivity index (χ1v) is 7.97. The Hall–Kier alpha value is -4.17. The second-order valence-electron chi connectivity index (χ2n) is 5.77. The van der Waals surface area contributed by atoms with Crippen LogP contribution in [-0.2, 0) is 6.61 Å². The fourth-order valence-corrected chi connectivity index (χ4v) is 2.65. The molecule has 0 aliphatic rings. The van der Waals surface area contributed by atoms with Gasteiger partial charge in [0.2, 0.25) is 0 Å². The summed E-state index contributed by atoms with van der Waals surface area (Å²) < 4.78 is 32.1. The molecule has 0 radical (unpaired) electrons. The van der Waals surface area contributed by atoms with E-state index in [4.69, 9.17) is 10.5 Å². The summed E-state index contributed by atoms with van der Waals surface area (Å²) in [6.45, 7) is -0.115. The number of H-pyrrole nitrogens is 1. The van der Waals surface area contributed by atoms with E-state index < -0.39 is 17.2 Å². The maximum atomic E-state index is 13.7. The standard InChI is InChI=1S/C20H12F2N4O2/c21-13-4-1-12(17(22)7-13)10-28-14-5-2-11(3-6-14)18-15(8-23)19(25)26-20(27)16(18)9-24/h1-7H,10H2,(H3,25,26,27). The number of nitrogens with one attached hydrogen (secondary N) is 1. The summed E-state index contributed by atoms with van der Waals surface area (Å²) in [4.78, 5) is 14.2. The lowest BCUT2D eigenvalue weighted by molar-refractivity contribution is 0.299. The molecule has 1 aromatic heterocycles. The Bertz CT molecular complexity index is 1190. The predicted octanol–water partition coefficient (Wildman–Crippen LogP) is 3.22. The van der Waals surface area contributed by atoms with Crippen molar-refractivity contribution in [3.63, 3.8) is 0 Å². The van der Waals surface area contributed by atoms with Gasteiger partial charge in [-0.25, -0.2) is 8.78 Å². The molecule has 0 spiro atoms. The molecular weight excluding hydrogens is 366 g/mol. The van der Waals surface area contributed by atoms with E-state index in [1.807, 2.05) is 6.07 Å². The molecule has 3 rings (SSSR count). The minimum atomic E-state index is -0.715. The second kappa shape index (κ2) is 7.60. The van der Waals surface area contributed by atoms with Crippen LogP contribution in [0.1, 0.15) is 16.7 Å². The summed E-state index contributed by atoms with van der Waals surface area (Å²) in [5.41, 5.74) is 5.48. The number of anilines is 1. The molecule has 6 nitrogen and oxygen atoms in total. The van der Waals surface area contributed by atoms with Crippen LogP contribution in [0.25, 0.3) is 11.1 Å². The number of hydrogen-bond acceptors (Lipinski definition) is 5. The molecule has 0 unspecified atom stereocenters. The van der Waals surface area contributed by atoms with Gasteiger partial charge in [-0.05, 0) is 29.8 Å². The molecule has 28 heavy (non-hydrogen) atoms. The van der Waals surface area contributed by atoms with Gasteiger partial charge in [-0.1, -0.05) is 12.1 Å². The van der Waals surface area contributed by atoms with E-state index in [1.54, 1.807) is 18.2 Å². The number of pyridine rings is 1. The van der Waals surface area contributed by atoms with Crippen molar-refractivity contribution < 1.29 is 13.5 Å². The van der Waals surface area contributed by atoms with E-state index in [0.29, 0.717) is 11.3 Å². The lowest BCUT2D eigenvalue weighted by Gasteiger charge is -2.11. The van der Waals surface area contributed by atoms with E-state index >= 15 is 0 Å². The number of ether oxygens (including phenoxy) is 1. The summed E-state index contributed by atoms with van der Waals surface area (Å²) in [6, 6.07) is 13.0. The average molecular weight is 378 g/mol. The molecule has 0 fully saturated rings. The van der Waals surface area contributed by atoms with Crippen LogP contribution in [0.15, 0.2) is 47.3 Å². The third-order valence-corrected chi connectivity index (χ3v) is 4.02. The number of aromatic nitrogens is 1. The highest BCUT2D eigenvalue weighted by atomic mass is 19.1. The summed E-state index contributed by atoms with van der Waals surface area (Å²) >= 11 is 0. The zero-order valence-corrected chi connectivity index (χ0v) is 14.3. The van der Waals surface area contributed by atoms with Crippen molar-refractivity contribution in [2.45, 2.75) is 6.61 Å². The minimum absolute atomic E-state index is 0.0156. The molecule has 138 valence electrons. The highest BCUT2D eigenvalue weighted by molar-refractivity contribution is 5.80. The van der Waals surface area contributed by atoms with E-state index in [9.17, 15) is 24.1 Å². The predicted molar refractivity (Wildman–Crippen MR) is 97.0 cm³/mol. The topological polar surface area (TPSA) is 116 Å². The van der Waals surface area contributed by atoms with Crippen LogP contribution in [-0.4, -0.2) is 4.98 Å². The highest BCUT2D eigenvalue weighted by Gasteiger charge is 2.18. The smallest absolute Gasteiger partial charge is 0.268 e. The Morgan fingerprint density at radius 2 is 1.71 bits per heavy atom. The van der Waals surface area contributed by atoms with Crippen molar-refractivity contribution in [2.24, 2.45) is 0 Å². The first-order chi connectivity index (χ1) is 13.4. The van der Waals surface area contributed by atoms with Crippen LogP contribution in [0.2, 0.25) is 0 Å². The average Bonchev–Trinajstić information content (AvgIpc) is 2.67. The largest absolute Gasteiger partial charge is 0.489 e. The molecular formula is C20H12F2N4O2. The normalized spacial score (nSPS) is 10.1. The molecule has 0 saturated carbocycles. The van der Waals surface area contributed by atoms with E-state index in [0.717, 1.165) is 12.1 Å². The van der Waals surface area contributed by atoms with Gasteiger partial charge in [0.05, 0.1) is 0 Å². The summed E-state index contributed by atoms with van der Waals surface area (Å²) in [5, 5.41) is 18.6. The monoisotopic (exact) mass is 378 g/mol. The van der Waals surface area contributed by atoms with Gasteiger partial charge >= 0.3 is 0 Å². The summed E-state index contributed by atoms with van der Waals surface area (Å²) in [5.74, 6) is -1.15. The van der Waals surface area contributed by atoms with Crippen molar-refractivity contribution in [3.05, 3.63) is 81.1 Å². The maximum Gasteiger partial charge on any atom is 0.268 e. The number of nitrogen functional groups attached to an aromatic ring is 1. The second-order valence-corrected chi connectivity index (χ2v) is 5.77. The van der Waals surface area contributed by atoms with Gasteiger partial charge in [0, 0.05) is 17.2 Å². The number of aromatic amines is 1. The zero-order valence-electron chi connectivity index (χ0n) is 14.3. The SMILES string of the molecule is N#Cc1c(N)[nH]c(=O)c(C#N)c1-c1ccc(OCc2ccc(F)cc2F)cc1. The third kappa shape index (κ3) is 3.53. The van der Waals surface area contributed by atoms with E-state index in [2.05, 4.69) is 4.98 Å². The fraction of sp³-hybridized carbons (Fsp3) is 0.0500. The fourth-order valence-electron chi connectivity index (χ4n) is 2.65. The lowest BCUT2D eigenvalue weighted by atomic mass is 9.96. The molecule has 0 saturated heterocycles. The van der Waals surface area contributed by atoms with E-state index in [1.165, 1.54) is 18.2 Å². The highest BCUT2D eigenvalue weighted by Crippen LogP contribution is 2.29. The first-order valence-electron chi connectivity index (χ1n) is 7.97. The first kappa shape index (κ1) is 18.6. The Kier molecular flexibility index (Phi) is 5.05.